The lowest BCUT2D eigenvalue weighted by molar-refractivity contribution is 0.394. The summed E-state index contributed by atoms with van der Waals surface area (Å²) in [7, 11) is -3.81. The molecule has 1 saturated carbocycles. The number of rotatable bonds is 5. The molecule has 2 N–H and O–H groups in total. The van der Waals surface area contributed by atoms with Crippen molar-refractivity contribution in [3.63, 3.8) is 0 Å². The van der Waals surface area contributed by atoms with Gasteiger partial charge >= 0.3 is 5.69 Å². The van der Waals surface area contributed by atoms with Crippen LogP contribution in [0.2, 0.25) is 0 Å². The quantitative estimate of drug-likeness (QED) is 0.692. The summed E-state index contributed by atoms with van der Waals surface area (Å²) >= 11 is 0. The van der Waals surface area contributed by atoms with E-state index >= 15 is 0 Å². The smallest absolute Gasteiger partial charge is 0.307 e. The molecule has 1 aliphatic carbocycles. The molecule has 0 aliphatic heterocycles. The van der Waals surface area contributed by atoms with Crippen LogP contribution in [0.5, 0.6) is 0 Å². The van der Waals surface area contributed by atoms with E-state index in [2.05, 4.69) is 15.0 Å². The first-order valence-electron chi connectivity index (χ1n) is 8.13. The Hall–Kier alpha value is -2.78. The van der Waals surface area contributed by atoms with Crippen molar-refractivity contribution in [2.45, 2.75) is 30.3 Å². The van der Waals surface area contributed by atoms with Crippen molar-refractivity contribution in [3.8, 4) is 0 Å². The van der Waals surface area contributed by atoms with Gasteiger partial charge in [-0.2, -0.15) is 4.31 Å². The third-order valence-electron chi connectivity index (χ3n) is 4.32. The number of sulfonamides is 1. The second-order valence-corrected chi connectivity index (χ2v) is 8.11. The monoisotopic (exact) mass is 372 g/mol. The van der Waals surface area contributed by atoms with Crippen LogP contribution in [0.1, 0.15) is 18.5 Å². The first-order chi connectivity index (χ1) is 12.4. The van der Waals surface area contributed by atoms with Crippen molar-refractivity contribution in [3.05, 3.63) is 69.1 Å². The Morgan fingerprint density at radius 3 is 2.62 bits per heavy atom. The Balaban J connectivity index is 1.78. The molecule has 0 amide bonds. The van der Waals surface area contributed by atoms with Crippen molar-refractivity contribution in [1.29, 1.82) is 0 Å². The van der Waals surface area contributed by atoms with E-state index in [1.807, 2.05) is 6.07 Å². The van der Waals surface area contributed by atoms with E-state index in [0.717, 1.165) is 12.8 Å². The normalized spacial score (nSPS) is 14.8. The van der Waals surface area contributed by atoms with Crippen LogP contribution in [-0.2, 0) is 16.6 Å². The van der Waals surface area contributed by atoms with E-state index in [1.54, 1.807) is 18.3 Å². The largest absolute Gasteiger partial charge is 0.326 e. The molecule has 134 valence electrons. The minimum absolute atomic E-state index is 0.0189. The number of aromatic amines is 2. The van der Waals surface area contributed by atoms with Crippen molar-refractivity contribution in [2.24, 2.45) is 0 Å². The van der Waals surface area contributed by atoms with Gasteiger partial charge in [0.15, 0.2) is 0 Å². The van der Waals surface area contributed by atoms with Gasteiger partial charge in [-0.1, -0.05) is 6.07 Å². The number of pyridine rings is 1. The van der Waals surface area contributed by atoms with Crippen LogP contribution in [0.15, 0.2) is 57.1 Å². The SMILES string of the molecule is O=c1[nH]c(=O)c2cc(S(=O)(=O)N(Cc3ccccn3)C3CC3)ccc2[nH]1. The second kappa shape index (κ2) is 6.19. The van der Waals surface area contributed by atoms with Crippen molar-refractivity contribution < 1.29 is 8.42 Å². The van der Waals surface area contributed by atoms with Gasteiger partial charge in [-0.25, -0.2) is 13.2 Å². The summed E-state index contributed by atoms with van der Waals surface area (Å²) in [6.45, 7) is 0.174. The minimum atomic E-state index is -3.81. The summed E-state index contributed by atoms with van der Waals surface area (Å²) < 4.78 is 27.7. The van der Waals surface area contributed by atoms with Gasteiger partial charge < -0.3 is 4.98 Å². The maximum atomic E-state index is 13.2. The third kappa shape index (κ3) is 3.06. The average molecular weight is 372 g/mol. The number of benzene rings is 1. The number of aromatic nitrogens is 3. The van der Waals surface area contributed by atoms with Crippen LogP contribution in [0.4, 0.5) is 0 Å². The fourth-order valence-corrected chi connectivity index (χ4v) is 4.55. The molecular formula is C17H16N4O4S. The van der Waals surface area contributed by atoms with Gasteiger partial charge in [-0.3, -0.25) is 14.8 Å². The highest BCUT2D eigenvalue weighted by atomic mass is 32.2. The van der Waals surface area contributed by atoms with Crippen molar-refractivity contribution in [1.82, 2.24) is 19.3 Å². The van der Waals surface area contributed by atoms with Crippen molar-refractivity contribution >= 4 is 20.9 Å². The first kappa shape index (κ1) is 16.7. The maximum absolute atomic E-state index is 13.2. The van der Waals surface area contributed by atoms with Crippen LogP contribution in [0, 0.1) is 0 Å². The van der Waals surface area contributed by atoms with E-state index in [9.17, 15) is 18.0 Å². The molecule has 3 aromatic rings. The Morgan fingerprint density at radius 1 is 1.12 bits per heavy atom. The molecule has 0 spiro atoms. The van der Waals surface area contributed by atoms with Gasteiger partial charge in [-0.15, -0.1) is 0 Å². The number of nitrogens with zero attached hydrogens (tertiary/aromatic N) is 2. The standard InChI is InChI=1S/C17H16N4O4S/c22-16-14-9-13(6-7-15(14)19-17(23)20-16)26(24,25)21(12-4-5-12)10-11-3-1-2-8-18-11/h1-3,6-9,12H,4-5,10H2,(H2,19,20,22,23). The molecule has 2 aromatic heterocycles. The van der Waals surface area contributed by atoms with Crippen LogP contribution in [0.3, 0.4) is 0 Å². The summed E-state index contributed by atoms with van der Waals surface area (Å²) in [5, 5.41) is 0.124. The summed E-state index contributed by atoms with van der Waals surface area (Å²) in [6, 6.07) is 9.44. The van der Waals surface area contributed by atoms with Crippen LogP contribution < -0.4 is 11.2 Å². The lowest BCUT2D eigenvalue weighted by Crippen LogP contribution is -2.33. The molecular weight excluding hydrogens is 356 g/mol. The molecule has 2 heterocycles. The zero-order chi connectivity index (χ0) is 18.3. The molecule has 1 aliphatic rings. The number of fused-ring (bicyclic) bond motifs is 1. The van der Waals surface area contributed by atoms with Crippen molar-refractivity contribution in [2.75, 3.05) is 0 Å². The van der Waals surface area contributed by atoms with E-state index in [-0.39, 0.29) is 22.9 Å². The molecule has 4 rings (SSSR count). The topological polar surface area (TPSA) is 116 Å². The highest BCUT2D eigenvalue weighted by Crippen LogP contribution is 2.33. The van der Waals surface area contributed by atoms with Gasteiger partial charge in [0.25, 0.3) is 5.56 Å². The number of nitrogens with one attached hydrogen (secondary N) is 2. The van der Waals surface area contributed by atoms with Crippen LogP contribution in [-0.4, -0.2) is 33.7 Å². The second-order valence-electron chi connectivity index (χ2n) is 6.22. The molecule has 0 bridgehead atoms. The fraction of sp³-hybridized carbons (Fsp3) is 0.235. The minimum Gasteiger partial charge on any atom is -0.307 e. The molecule has 26 heavy (non-hydrogen) atoms. The van der Waals surface area contributed by atoms with Gasteiger partial charge in [0, 0.05) is 12.2 Å². The van der Waals surface area contributed by atoms with E-state index in [1.165, 1.54) is 22.5 Å². The number of H-pyrrole nitrogens is 2. The molecule has 0 radical (unpaired) electrons. The van der Waals surface area contributed by atoms with E-state index in [4.69, 9.17) is 0 Å². The Labute approximate surface area is 148 Å². The molecule has 8 nitrogen and oxygen atoms in total. The zero-order valence-electron chi connectivity index (χ0n) is 13.7. The molecule has 0 unspecified atom stereocenters. The molecule has 0 saturated heterocycles. The Kier molecular flexibility index (Phi) is 3.97. The highest BCUT2D eigenvalue weighted by Gasteiger charge is 2.38. The Morgan fingerprint density at radius 2 is 1.92 bits per heavy atom. The van der Waals surface area contributed by atoms with Gasteiger partial charge in [0.2, 0.25) is 10.0 Å². The van der Waals surface area contributed by atoms with Crippen LogP contribution in [0.25, 0.3) is 10.9 Å². The molecule has 0 atom stereocenters. The van der Waals surface area contributed by atoms with Crippen LogP contribution >= 0.6 is 0 Å². The third-order valence-corrected chi connectivity index (χ3v) is 6.21. The lowest BCUT2D eigenvalue weighted by atomic mass is 10.2. The first-order valence-corrected chi connectivity index (χ1v) is 9.57. The molecule has 1 aromatic carbocycles. The summed E-state index contributed by atoms with van der Waals surface area (Å²) in [5.41, 5.74) is -0.303. The zero-order valence-corrected chi connectivity index (χ0v) is 14.5. The predicted octanol–water partition coefficient (Wildman–Crippen LogP) is 0.965. The fourth-order valence-electron chi connectivity index (χ4n) is 2.86. The summed E-state index contributed by atoms with van der Waals surface area (Å²) in [6.07, 6.45) is 3.22. The predicted molar refractivity (Wildman–Crippen MR) is 95.2 cm³/mol. The molecule has 9 heteroatoms. The number of hydrogen-bond acceptors (Lipinski definition) is 5. The van der Waals surface area contributed by atoms with E-state index in [0.29, 0.717) is 11.2 Å². The lowest BCUT2D eigenvalue weighted by Gasteiger charge is -2.21. The van der Waals surface area contributed by atoms with Gasteiger partial charge in [-0.05, 0) is 43.2 Å². The number of hydrogen-bond donors (Lipinski definition) is 2. The molecule has 1 fully saturated rings. The average Bonchev–Trinajstić information content (AvgIpc) is 3.45. The summed E-state index contributed by atoms with van der Waals surface area (Å²) in [5.74, 6) is 0. The summed E-state index contributed by atoms with van der Waals surface area (Å²) in [4.78, 5) is 32.2. The Bertz CT molecular complexity index is 1180. The van der Waals surface area contributed by atoms with E-state index < -0.39 is 21.3 Å². The van der Waals surface area contributed by atoms with Gasteiger partial charge in [0.1, 0.15) is 0 Å². The highest BCUT2D eigenvalue weighted by molar-refractivity contribution is 7.89. The maximum Gasteiger partial charge on any atom is 0.326 e. The van der Waals surface area contributed by atoms with Gasteiger partial charge in [0.05, 0.1) is 28.0 Å².